The Hall–Kier alpha value is -7.74. The first-order valence-corrected chi connectivity index (χ1v) is 23.0. The molecule has 306 valence electrons. The smallest absolute Gasteiger partial charge is 0.143 e. The first-order chi connectivity index (χ1) is 31.7. The molecule has 2 aliphatic carbocycles. The van der Waals surface area contributed by atoms with Crippen LogP contribution >= 0.6 is 0 Å². The van der Waals surface area contributed by atoms with Crippen LogP contribution in [-0.4, -0.2) is 0 Å². The molecular weight excluding hydrogens is 785 g/mol. The second kappa shape index (κ2) is 12.9. The van der Waals surface area contributed by atoms with Gasteiger partial charge < -0.3 is 4.42 Å². The van der Waals surface area contributed by atoms with E-state index < -0.39 is 0 Å². The molecule has 0 saturated carbocycles. The molecule has 0 aliphatic heterocycles. The average molecular weight is 829 g/mol. The summed E-state index contributed by atoms with van der Waals surface area (Å²) in [7, 11) is 0. The molecular formula is C64H44O. The van der Waals surface area contributed by atoms with Gasteiger partial charge in [-0.1, -0.05) is 179 Å². The third kappa shape index (κ3) is 4.99. The monoisotopic (exact) mass is 828 g/mol. The predicted octanol–water partition coefficient (Wildman–Crippen LogP) is 17.8. The fourth-order valence-electron chi connectivity index (χ4n) is 12.2. The summed E-state index contributed by atoms with van der Waals surface area (Å²) in [6.07, 6.45) is 0. The molecule has 1 heterocycles. The van der Waals surface area contributed by atoms with E-state index in [1.807, 2.05) is 0 Å². The Morgan fingerprint density at radius 2 is 0.831 bits per heavy atom. The largest absolute Gasteiger partial charge is 0.455 e. The van der Waals surface area contributed by atoms with Crippen molar-refractivity contribution in [3.05, 3.63) is 216 Å². The summed E-state index contributed by atoms with van der Waals surface area (Å²) in [6.45, 7) is 9.57. The lowest BCUT2D eigenvalue weighted by atomic mass is 9.79. The molecule has 0 unspecified atom stereocenters. The van der Waals surface area contributed by atoms with E-state index in [0.717, 1.165) is 11.2 Å². The maximum absolute atomic E-state index is 6.52. The van der Waals surface area contributed by atoms with Crippen LogP contribution in [0.25, 0.3) is 121 Å². The number of para-hydroxylation sites is 1. The SMILES string of the molecule is CC1(C)c2cc(-c3ccc4c(c3)-c3cc5ccc6c7ccccc7oc6c5cc3C4(C)C)ccc2-c2ccc(-c3c4ccccc4c(-c4cccc5ccccc45)c4ccccc34)cc21. The minimum atomic E-state index is -0.197. The molecule has 0 spiro atoms. The third-order valence-corrected chi connectivity index (χ3v) is 15.4. The molecule has 0 atom stereocenters. The number of furan rings is 1. The van der Waals surface area contributed by atoms with Crippen LogP contribution in [0, 0.1) is 0 Å². The zero-order valence-corrected chi connectivity index (χ0v) is 36.9. The van der Waals surface area contributed by atoms with Gasteiger partial charge in [-0.25, -0.2) is 0 Å². The van der Waals surface area contributed by atoms with Crippen molar-refractivity contribution in [3.8, 4) is 55.6 Å². The molecule has 1 aromatic heterocycles. The summed E-state index contributed by atoms with van der Waals surface area (Å²) in [5.41, 5.74) is 20.0. The highest BCUT2D eigenvalue weighted by Crippen LogP contribution is 2.55. The molecule has 0 fully saturated rings. The van der Waals surface area contributed by atoms with E-state index in [9.17, 15) is 0 Å². The Bertz CT molecular complexity index is 4000. The van der Waals surface area contributed by atoms with Crippen molar-refractivity contribution in [2.75, 3.05) is 0 Å². The molecule has 65 heavy (non-hydrogen) atoms. The number of hydrogen-bond donors (Lipinski definition) is 0. The molecule has 0 bridgehead atoms. The van der Waals surface area contributed by atoms with Crippen LogP contribution < -0.4 is 0 Å². The summed E-state index contributed by atoms with van der Waals surface area (Å²) in [5.74, 6) is 0. The quantitative estimate of drug-likeness (QED) is 0.162. The first kappa shape index (κ1) is 36.7. The normalized spacial score (nSPS) is 14.4. The molecule has 14 rings (SSSR count). The molecule has 1 heteroatoms. The fourth-order valence-corrected chi connectivity index (χ4v) is 12.2. The molecule has 0 amide bonds. The molecule has 2 aliphatic rings. The van der Waals surface area contributed by atoms with Crippen LogP contribution in [0.2, 0.25) is 0 Å². The third-order valence-electron chi connectivity index (χ3n) is 15.4. The van der Waals surface area contributed by atoms with Gasteiger partial charge in [0, 0.05) is 27.0 Å². The van der Waals surface area contributed by atoms with E-state index in [-0.39, 0.29) is 10.8 Å². The maximum Gasteiger partial charge on any atom is 0.143 e. The fraction of sp³-hybridized carbons (Fsp3) is 0.0938. The van der Waals surface area contributed by atoms with E-state index in [2.05, 4.69) is 222 Å². The lowest BCUT2D eigenvalue weighted by Crippen LogP contribution is -2.15. The molecule has 0 radical (unpaired) electrons. The van der Waals surface area contributed by atoms with Gasteiger partial charge in [0.25, 0.3) is 0 Å². The van der Waals surface area contributed by atoms with Crippen molar-refractivity contribution in [3.63, 3.8) is 0 Å². The van der Waals surface area contributed by atoms with Gasteiger partial charge in [0.2, 0.25) is 0 Å². The second-order valence-electron chi connectivity index (χ2n) is 19.6. The van der Waals surface area contributed by atoms with Gasteiger partial charge in [-0.2, -0.15) is 0 Å². The van der Waals surface area contributed by atoms with E-state index in [1.54, 1.807) is 0 Å². The Balaban J connectivity index is 0.878. The van der Waals surface area contributed by atoms with Crippen LogP contribution in [0.5, 0.6) is 0 Å². The van der Waals surface area contributed by atoms with Gasteiger partial charge >= 0.3 is 0 Å². The summed E-state index contributed by atoms with van der Waals surface area (Å²) in [6, 6.07) is 72.8. The number of fused-ring (bicyclic) bond motifs is 14. The lowest BCUT2D eigenvalue weighted by molar-refractivity contribution is 0.660. The van der Waals surface area contributed by atoms with Crippen LogP contribution in [0.1, 0.15) is 49.9 Å². The summed E-state index contributed by atoms with van der Waals surface area (Å²) in [5, 5.41) is 12.4. The molecule has 12 aromatic rings. The number of benzene rings is 11. The second-order valence-corrected chi connectivity index (χ2v) is 19.6. The summed E-state index contributed by atoms with van der Waals surface area (Å²) < 4.78 is 6.52. The Morgan fingerprint density at radius 1 is 0.292 bits per heavy atom. The first-order valence-electron chi connectivity index (χ1n) is 23.0. The van der Waals surface area contributed by atoms with Gasteiger partial charge in [-0.15, -0.1) is 0 Å². The average Bonchev–Trinajstić information content (AvgIpc) is 3.91. The Morgan fingerprint density at radius 3 is 1.57 bits per heavy atom. The van der Waals surface area contributed by atoms with Crippen molar-refractivity contribution in [1.29, 1.82) is 0 Å². The molecule has 0 N–H and O–H groups in total. The Labute approximate surface area is 378 Å². The summed E-state index contributed by atoms with van der Waals surface area (Å²) >= 11 is 0. The zero-order chi connectivity index (χ0) is 43.3. The van der Waals surface area contributed by atoms with Crippen molar-refractivity contribution >= 4 is 65.0 Å². The molecule has 1 nitrogen and oxygen atoms in total. The van der Waals surface area contributed by atoms with Gasteiger partial charge in [0.1, 0.15) is 11.2 Å². The highest BCUT2D eigenvalue weighted by Gasteiger charge is 2.38. The maximum atomic E-state index is 6.52. The van der Waals surface area contributed by atoms with Crippen LogP contribution in [0.4, 0.5) is 0 Å². The van der Waals surface area contributed by atoms with Crippen LogP contribution in [0.15, 0.2) is 199 Å². The topological polar surface area (TPSA) is 13.1 Å². The number of hydrogen-bond acceptors (Lipinski definition) is 1. The molecule has 0 saturated heterocycles. The van der Waals surface area contributed by atoms with Crippen molar-refractivity contribution < 1.29 is 4.42 Å². The predicted molar refractivity (Wildman–Crippen MR) is 275 cm³/mol. The zero-order valence-electron chi connectivity index (χ0n) is 36.9. The van der Waals surface area contributed by atoms with Crippen molar-refractivity contribution in [1.82, 2.24) is 0 Å². The van der Waals surface area contributed by atoms with Crippen molar-refractivity contribution in [2.45, 2.75) is 38.5 Å². The van der Waals surface area contributed by atoms with E-state index in [1.165, 1.54) is 132 Å². The summed E-state index contributed by atoms with van der Waals surface area (Å²) in [4.78, 5) is 0. The van der Waals surface area contributed by atoms with Gasteiger partial charge in [0.05, 0.1) is 0 Å². The van der Waals surface area contributed by atoms with Gasteiger partial charge in [0.15, 0.2) is 0 Å². The van der Waals surface area contributed by atoms with Crippen molar-refractivity contribution in [2.24, 2.45) is 0 Å². The van der Waals surface area contributed by atoms with E-state index >= 15 is 0 Å². The highest BCUT2D eigenvalue weighted by atomic mass is 16.3. The van der Waals surface area contributed by atoms with Crippen LogP contribution in [0.3, 0.4) is 0 Å². The molecule has 11 aromatic carbocycles. The van der Waals surface area contributed by atoms with E-state index in [4.69, 9.17) is 4.42 Å². The minimum absolute atomic E-state index is 0.141. The van der Waals surface area contributed by atoms with Crippen LogP contribution in [-0.2, 0) is 10.8 Å². The lowest BCUT2D eigenvalue weighted by Gasteiger charge is -2.24. The Kier molecular flexibility index (Phi) is 7.30. The van der Waals surface area contributed by atoms with Gasteiger partial charge in [-0.05, 0) is 158 Å². The minimum Gasteiger partial charge on any atom is -0.455 e. The van der Waals surface area contributed by atoms with E-state index in [0.29, 0.717) is 0 Å². The number of rotatable bonds is 3. The standard InChI is InChI=1S/C64H44O/c1-63(2)55-31-27-38(32-53(55)54-33-40-25-30-51-45-17-11-12-23-59(45)65-62(51)52(40)36-58(54)63)39-24-28-43-44-29-26-41(35-57(44)64(3,4)56(43)34-39)60-47-18-7-9-20-49(47)61(50-21-10-8-19-48(50)60)46-22-13-15-37-14-5-6-16-42(37)46/h5-36H,1-4H3. The highest BCUT2D eigenvalue weighted by molar-refractivity contribution is 6.24. The van der Waals surface area contributed by atoms with Gasteiger partial charge in [-0.3, -0.25) is 0 Å².